The molecule has 1 aromatic heterocycles. The molecule has 0 spiro atoms. The molecule has 5 N–H and O–H groups in total. The summed E-state index contributed by atoms with van der Waals surface area (Å²) < 4.78 is 11.0. The minimum atomic E-state index is -1.56. The van der Waals surface area contributed by atoms with Gasteiger partial charge in [-0.2, -0.15) is 0 Å². The number of carboxylic acids is 2. The van der Waals surface area contributed by atoms with Gasteiger partial charge in [-0.25, -0.2) is 9.59 Å². The van der Waals surface area contributed by atoms with Crippen LogP contribution in [0.3, 0.4) is 0 Å². The van der Waals surface area contributed by atoms with Crippen LogP contribution in [0.5, 0.6) is 11.5 Å². The second kappa shape index (κ2) is 7.02. The fourth-order valence-electron chi connectivity index (χ4n) is 2.77. The summed E-state index contributed by atoms with van der Waals surface area (Å²) in [6.07, 6.45) is 2.14. The predicted molar refractivity (Wildman–Crippen MR) is 95.6 cm³/mol. The molecule has 0 radical (unpaired) electrons. The van der Waals surface area contributed by atoms with Crippen molar-refractivity contribution >= 4 is 17.8 Å². The summed E-state index contributed by atoms with van der Waals surface area (Å²) in [5.74, 6) is -2.26. The Morgan fingerprint density at radius 1 is 1.19 bits per heavy atom. The maximum atomic E-state index is 12.1. The van der Waals surface area contributed by atoms with Crippen LogP contribution < -0.4 is 20.8 Å². The van der Waals surface area contributed by atoms with Crippen molar-refractivity contribution in [2.24, 2.45) is 5.92 Å². The van der Waals surface area contributed by atoms with Crippen LogP contribution in [0.2, 0.25) is 0 Å². The van der Waals surface area contributed by atoms with Crippen LogP contribution in [-0.4, -0.2) is 40.9 Å². The van der Waals surface area contributed by atoms with Crippen molar-refractivity contribution in [3.8, 4) is 22.6 Å². The largest absolute Gasteiger partial charge is 0.493 e. The average molecular weight is 374 g/mol. The van der Waals surface area contributed by atoms with E-state index in [4.69, 9.17) is 15.2 Å². The summed E-state index contributed by atoms with van der Waals surface area (Å²) in [5.41, 5.74) is 3.34. The molecule has 1 fully saturated rings. The first-order chi connectivity index (χ1) is 12.8. The Morgan fingerprint density at radius 3 is 2.41 bits per heavy atom. The molecule has 1 aliphatic rings. The predicted octanol–water partition coefficient (Wildman–Crippen LogP) is 1.82. The highest BCUT2D eigenvalue weighted by Gasteiger charge is 2.28. The van der Waals surface area contributed by atoms with Crippen molar-refractivity contribution in [3.05, 3.63) is 39.7 Å². The number of hydrogen-bond acceptors (Lipinski definition) is 6. The summed E-state index contributed by atoms with van der Waals surface area (Å²) in [6, 6.07) is 4.43. The molecule has 0 bridgehead atoms. The van der Waals surface area contributed by atoms with Crippen molar-refractivity contribution in [2.75, 3.05) is 19.5 Å². The highest BCUT2D eigenvalue weighted by Crippen LogP contribution is 2.37. The lowest BCUT2D eigenvalue weighted by Crippen LogP contribution is -2.24. The van der Waals surface area contributed by atoms with E-state index in [1.807, 2.05) is 0 Å². The third kappa shape index (κ3) is 3.57. The second-order valence-electron chi connectivity index (χ2n) is 6.22. The molecular formula is C18H18N2O7. The van der Waals surface area contributed by atoms with E-state index in [9.17, 15) is 24.6 Å². The lowest BCUT2D eigenvalue weighted by molar-refractivity contribution is 0.0695. The van der Waals surface area contributed by atoms with Gasteiger partial charge in [0.1, 0.15) is 16.9 Å². The molecule has 1 saturated carbocycles. The SMILES string of the molecule is COc1ccc(-c2c(C(=O)O)c(N)[nH]c(=O)c2C(=O)O)cc1OCC1CC1. The Kier molecular flexibility index (Phi) is 4.76. The van der Waals surface area contributed by atoms with E-state index in [0.29, 0.717) is 24.0 Å². The number of hydrogen-bond donors (Lipinski definition) is 4. The summed E-state index contributed by atoms with van der Waals surface area (Å²) in [5, 5.41) is 19.0. The van der Waals surface area contributed by atoms with Gasteiger partial charge in [0.2, 0.25) is 0 Å². The zero-order valence-corrected chi connectivity index (χ0v) is 14.4. The molecule has 3 rings (SSSR count). The Morgan fingerprint density at radius 2 is 1.85 bits per heavy atom. The number of pyridine rings is 1. The molecule has 1 aliphatic carbocycles. The van der Waals surface area contributed by atoms with Crippen molar-refractivity contribution in [3.63, 3.8) is 0 Å². The molecule has 9 heteroatoms. The minimum absolute atomic E-state index is 0.175. The average Bonchev–Trinajstić information content (AvgIpc) is 3.42. The number of methoxy groups -OCH3 is 1. The van der Waals surface area contributed by atoms with Gasteiger partial charge >= 0.3 is 11.9 Å². The van der Waals surface area contributed by atoms with E-state index in [1.165, 1.54) is 25.3 Å². The second-order valence-corrected chi connectivity index (χ2v) is 6.22. The molecule has 2 aromatic rings. The first-order valence-electron chi connectivity index (χ1n) is 8.17. The first kappa shape index (κ1) is 18.3. The number of nitrogens with one attached hydrogen (secondary N) is 1. The Labute approximate surface area is 153 Å². The number of aromatic carboxylic acids is 2. The lowest BCUT2D eigenvalue weighted by Gasteiger charge is -2.15. The van der Waals surface area contributed by atoms with Gasteiger partial charge in [0.25, 0.3) is 5.56 Å². The van der Waals surface area contributed by atoms with E-state index < -0.39 is 34.4 Å². The van der Waals surface area contributed by atoms with Crippen LogP contribution in [-0.2, 0) is 0 Å². The van der Waals surface area contributed by atoms with E-state index in [2.05, 4.69) is 4.98 Å². The van der Waals surface area contributed by atoms with Crippen LogP contribution in [0.1, 0.15) is 33.6 Å². The van der Waals surface area contributed by atoms with E-state index >= 15 is 0 Å². The van der Waals surface area contributed by atoms with Gasteiger partial charge in [-0.05, 0) is 36.5 Å². The number of benzene rings is 1. The molecule has 0 aliphatic heterocycles. The molecule has 0 saturated heterocycles. The smallest absolute Gasteiger partial charge is 0.342 e. The number of H-pyrrole nitrogens is 1. The number of nitrogen functional groups attached to an aromatic ring is 1. The fraction of sp³-hybridized carbons (Fsp3) is 0.278. The van der Waals surface area contributed by atoms with Crippen LogP contribution in [0.15, 0.2) is 23.0 Å². The standard InChI is InChI=1S/C18H18N2O7/c1-26-10-5-4-9(6-11(10)27-7-8-2-3-8)12-13(17(22)23)15(19)20-16(21)14(12)18(24)25/h4-6,8H,2-3,7H2,1H3,(H,22,23)(H,24,25)(H3,19,20,21). The number of aromatic nitrogens is 1. The van der Waals surface area contributed by atoms with Gasteiger partial charge in [-0.3, -0.25) is 4.79 Å². The molecule has 1 aromatic carbocycles. The number of anilines is 1. The number of carboxylic acid groups (broad SMARTS) is 2. The Balaban J connectivity index is 2.22. The summed E-state index contributed by atoms with van der Waals surface area (Å²) in [7, 11) is 1.45. The van der Waals surface area contributed by atoms with Gasteiger partial charge in [0, 0.05) is 5.56 Å². The first-order valence-corrected chi connectivity index (χ1v) is 8.17. The van der Waals surface area contributed by atoms with E-state index in [0.717, 1.165) is 12.8 Å². The quantitative estimate of drug-likeness (QED) is 0.572. The summed E-state index contributed by atoms with van der Waals surface area (Å²) in [4.78, 5) is 37.5. The third-order valence-electron chi connectivity index (χ3n) is 4.30. The Hall–Kier alpha value is -3.49. The van der Waals surface area contributed by atoms with Gasteiger partial charge in [0.15, 0.2) is 11.5 Å². The van der Waals surface area contributed by atoms with E-state index in [1.54, 1.807) is 0 Å². The molecule has 1 heterocycles. The fourth-order valence-corrected chi connectivity index (χ4v) is 2.77. The van der Waals surface area contributed by atoms with Crippen molar-refractivity contribution in [2.45, 2.75) is 12.8 Å². The van der Waals surface area contributed by atoms with Crippen molar-refractivity contribution in [1.29, 1.82) is 0 Å². The van der Waals surface area contributed by atoms with Gasteiger partial charge in [0.05, 0.1) is 13.7 Å². The highest BCUT2D eigenvalue weighted by molar-refractivity contribution is 6.07. The summed E-state index contributed by atoms with van der Waals surface area (Å²) in [6.45, 7) is 0.467. The maximum Gasteiger partial charge on any atom is 0.342 e. The zero-order chi connectivity index (χ0) is 19.7. The molecular weight excluding hydrogens is 356 g/mol. The lowest BCUT2D eigenvalue weighted by atomic mass is 9.95. The maximum absolute atomic E-state index is 12.1. The van der Waals surface area contributed by atoms with Crippen LogP contribution >= 0.6 is 0 Å². The molecule has 9 nitrogen and oxygen atoms in total. The minimum Gasteiger partial charge on any atom is -0.493 e. The molecule has 27 heavy (non-hydrogen) atoms. The molecule has 142 valence electrons. The molecule has 0 atom stereocenters. The normalized spacial score (nSPS) is 13.2. The van der Waals surface area contributed by atoms with Crippen LogP contribution in [0, 0.1) is 5.92 Å². The number of ether oxygens (including phenoxy) is 2. The topological polar surface area (TPSA) is 152 Å². The zero-order valence-electron chi connectivity index (χ0n) is 14.4. The highest BCUT2D eigenvalue weighted by atomic mass is 16.5. The van der Waals surface area contributed by atoms with E-state index in [-0.39, 0.29) is 11.1 Å². The summed E-state index contributed by atoms with van der Waals surface area (Å²) >= 11 is 0. The molecule has 0 unspecified atom stereocenters. The number of aromatic amines is 1. The van der Waals surface area contributed by atoms with Crippen LogP contribution in [0.25, 0.3) is 11.1 Å². The number of rotatable bonds is 7. The van der Waals surface area contributed by atoms with Crippen molar-refractivity contribution < 1.29 is 29.3 Å². The number of nitrogens with two attached hydrogens (primary N) is 1. The van der Waals surface area contributed by atoms with Gasteiger partial charge in [-0.15, -0.1) is 0 Å². The number of carbonyl (C=O) groups is 2. The van der Waals surface area contributed by atoms with Crippen molar-refractivity contribution in [1.82, 2.24) is 4.98 Å². The monoisotopic (exact) mass is 374 g/mol. The Bertz CT molecular complexity index is 976. The third-order valence-corrected chi connectivity index (χ3v) is 4.30. The molecule has 0 amide bonds. The van der Waals surface area contributed by atoms with Gasteiger partial charge < -0.3 is 30.4 Å². The van der Waals surface area contributed by atoms with Gasteiger partial charge in [-0.1, -0.05) is 6.07 Å². The van der Waals surface area contributed by atoms with Crippen LogP contribution in [0.4, 0.5) is 5.82 Å².